The van der Waals surface area contributed by atoms with Crippen molar-refractivity contribution in [3.05, 3.63) is 87.3 Å². The van der Waals surface area contributed by atoms with Gasteiger partial charge in [-0.2, -0.15) is 0 Å². The number of carbonyl (C=O) groups excluding carboxylic acids is 2. The fraction of sp³-hybridized carbons (Fsp3) is 0.143. The number of nitrogens with zero attached hydrogens (tertiary/aromatic N) is 1. The Hall–Kier alpha value is -2.41. The largest absolute Gasteiger partial charge is 0.341 e. The van der Waals surface area contributed by atoms with Crippen molar-refractivity contribution >= 4 is 40.0 Å². The molecule has 130 valence electrons. The van der Waals surface area contributed by atoms with Crippen molar-refractivity contribution in [1.82, 2.24) is 4.57 Å². The Kier molecular flexibility index (Phi) is 4.63. The summed E-state index contributed by atoms with van der Waals surface area (Å²) in [5, 5.41) is 2.98. The molecule has 3 aromatic rings. The van der Waals surface area contributed by atoms with Crippen molar-refractivity contribution in [2.24, 2.45) is 0 Å². The molecule has 0 aliphatic carbocycles. The average molecular weight is 456 g/mol. The van der Waals surface area contributed by atoms with Gasteiger partial charge in [0.25, 0.3) is 0 Å². The van der Waals surface area contributed by atoms with E-state index in [1.165, 1.54) is 0 Å². The summed E-state index contributed by atoms with van der Waals surface area (Å²) in [5.41, 5.74) is 3.02. The molecular formula is C21H17IN2O2. The monoisotopic (exact) mass is 456 g/mol. The first-order chi connectivity index (χ1) is 12.6. The molecule has 5 heteroatoms. The van der Waals surface area contributed by atoms with Crippen LogP contribution in [0.2, 0.25) is 0 Å². The summed E-state index contributed by atoms with van der Waals surface area (Å²) in [6.45, 7) is 0.682. The maximum Gasteiger partial charge on any atom is 0.233 e. The molecule has 26 heavy (non-hydrogen) atoms. The molecular weight excluding hydrogens is 439 g/mol. The van der Waals surface area contributed by atoms with E-state index >= 15 is 0 Å². The number of hydrogen-bond donors (Lipinski definition) is 1. The molecule has 0 unspecified atom stereocenters. The highest BCUT2D eigenvalue weighted by Crippen LogP contribution is 2.32. The van der Waals surface area contributed by atoms with Crippen molar-refractivity contribution in [3.63, 3.8) is 0 Å². The second kappa shape index (κ2) is 7.07. The minimum Gasteiger partial charge on any atom is -0.341 e. The van der Waals surface area contributed by atoms with Gasteiger partial charge in [-0.05, 0) is 65.4 Å². The van der Waals surface area contributed by atoms with Crippen LogP contribution in [0.1, 0.15) is 34.1 Å². The van der Waals surface area contributed by atoms with Crippen LogP contribution in [0.4, 0.5) is 5.69 Å². The standard InChI is InChI=1S/C21H17IN2O2/c22-15-6-8-16(9-7-15)23-21(26)17-12-13-24-18(17)10-11-19(24)20(25)14-4-2-1-3-5-14/h1-11,17H,12-13H2,(H,23,26)/t17-/m1/s1. The van der Waals surface area contributed by atoms with Crippen molar-refractivity contribution in [2.45, 2.75) is 18.9 Å². The van der Waals surface area contributed by atoms with Crippen LogP contribution >= 0.6 is 22.6 Å². The summed E-state index contributed by atoms with van der Waals surface area (Å²) >= 11 is 2.23. The number of halogens is 1. The number of carbonyl (C=O) groups is 2. The van der Waals surface area contributed by atoms with E-state index in [-0.39, 0.29) is 17.6 Å². The highest BCUT2D eigenvalue weighted by atomic mass is 127. The molecule has 1 aliphatic rings. The number of ketones is 1. The smallest absolute Gasteiger partial charge is 0.233 e. The van der Waals surface area contributed by atoms with Gasteiger partial charge in [-0.1, -0.05) is 30.3 Å². The molecule has 1 aromatic heterocycles. The number of hydrogen-bond acceptors (Lipinski definition) is 2. The van der Waals surface area contributed by atoms with Gasteiger partial charge in [0.2, 0.25) is 11.7 Å². The first kappa shape index (κ1) is 17.0. The molecule has 1 N–H and O–H groups in total. The van der Waals surface area contributed by atoms with E-state index in [0.29, 0.717) is 24.2 Å². The van der Waals surface area contributed by atoms with Gasteiger partial charge in [0.1, 0.15) is 0 Å². The molecule has 0 fully saturated rings. The van der Waals surface area contributed by atoms with Gasteiger partial charge in [-0.15, -0.1) is 0 Å². The Morgan fingerprint density at radius 1 is 0.962 bits per heavy atom. The zero-order chi connectivity index (χ0) is 18.1. The van der Waals surface area contributed by atoms with E-state index in [0.717, 1.165) is 15.0 Å². The van der Waals surface area contributed by atoms with Crippen LogP contribution < -0.4 is 5.32 Å². The van der Waals surface area contributed by atoms with Gasteiger partial charge in [0.15, 0.2) is 0 Å². The summed E-state index contributed by atoms with van der Waals surface area (Å²) in [5.74, 6) is -0.260. The minimum absolute atomic E-state index is 0.00413. The molecule has 4 rings (SSSR count). The lowest BCUT2D eigenvalue weighted by atomic mass is 10.0. The number of rotatable bonds is 4. The minimum atomic E-state index is -0.230. The maximum atomic E-state index is 12.7. The maximum absolute atomic E-state index is 12.7. The van der Waals surface area contributed by atoms with Crippen LogP contribution in [0.3, 0.4) is 0 Å². The van der Waals surface area contributed by atoms with Crippen molar-refractivity contribution in [3.8, 4) is 0 Å². The van der Waals surface area contributed by atoms with Gasteiger partial charge in [-0.25, -0.2) is 0 Å². The molecule has 1 amide bonds. The van der Waals surface area contributed by atoms with Crippen LogP contribution in [0.25, 0.3) is 0 Å². The van der Waals surface area contributed by atoms with E-state index in [1.807, 2.05) is 71.3 Å². The zero-order valence-corrected chi connectivity index (χ0v) is 16.1. The molecule has 0 radical (unpaired) electrons. The predicted molar refractivity (Wildman–Crippen MR) is 109 cm³/mol. The number of fused-ring (bicyclic) bond motifs is 1. The lowest BCUT2D eigenvalue weighted by Gasteiger charge is -2.11. The van der Waals surface area contributed by atoms with Gasteiger partial charge in [0.05, 0.1) is 11.6 Å². The van der Waals surface area contributed by atoms with E-state index < -0.39 is 0 Å². The number of nitrogens with one attached hydrogen (secondary N) is 1. The molecule has 0 spiro atoms. The quantitative estimate of drug-likeness (QED) is 0.466. The summed E-state index contributed by atoms with van der Waals surface area (Å²) in [7, 11) is 0. The SMILES string of the molecule is O=C(c1ccccc1)c1ccc2n1CC[C@H]2C(=O)Nc1ccc(I)cc1. The summed E-state index contributed by atoms with van der Waals surface area (Å²) in [4.78, 5) is 25.4. The topological polar surface area (TPSA) is 51.1 Å². The fourth-order valence-electron chi connectivity index (χ4n) is 3.41. The molecule has 4 nitrogen and oxygen atoms in total. The first-order valence-corrected chi connectivity index (χ1v) is 9.57. The van der Waals surface area contributed by atoms with Crippen molar-refractivity contribution in [1.29, 1.82) is 0 Å². The number of anilines is 1. The van der Waals surface area contributed by atoms with Crippen LogP contribution in [-0.4, -0.2) is 16.3 Å². The Morgan fingerprint density at radius 3 is 2.42 bits per heavy atom. The first-order valence-electron chi connectivity index (χ1n) is 8.49. The lowest BCUT2D eigenvalue weighted by Crippen LogP contribution is -2.19. The number of amides is 1. The van der Waals surface area contributed by atoms with Crippen molar-refractivity contribution in [2.75, 3.05) is 5.32 Å². The number of benzene rings is 2. The Morgan fingerprint density at radius 2 is 1.69 bits per heavy atom. The van der Waals surface area contributed by atoms with E-state index in [9.17, 15) is 9.59 Å². The Labute approximate surface area is 165 Å². The molecule has 1 aliphatic heterocycles. The van der Waals surface area contributed by atoms with Gasteiger partial charge in [-0.3, -0.25) is 9.59 Å². The molecule has 1 atom stereocenters. The van der Waals surface area contributed by atoms with Gasteiger partial charge < -0.3 is 9.88 Å². The zero-order valence-electron chi connectivity index (χ0n) is 14.0. The Balaban J connectivity index is 1.55. The highest BCUT2D eigenvalue weighted by Gasteiger charge is 2.31. The van der Waals surface area contributed by atoms with Gasteiger partial charge >= 0.3 is 0 Å². The van der Waals surface area contributed by atoms with E-state index in [1.54, 1.807) is 0 Å². The van der Waals surface area contributed by atoms with E-state index in [4.69, 9.17) is 0 Å². The number of aromatic nitrogens is 1. The molecule has 0 bridgehead atoms. The lowest BCUT2D eigenvalue weighted by molar-refractivity contribution is -0.117. The highest BCUT2D eigenvalue weighted by molar-refractivity contribution is 14.1. The second-order valence-corrected chi connectivity index (χ2v) is 7.57. The average Bonchev–Trinajstić information content (AvgIpc) is 3.26. The van der Waals surface area contributed by atoms with Crippen LogP contribution in [0, 0.1) is 3.57 Å². The van der Waals surface area contributed by atoms with Crippen molar-refractivity contribution < 1.29 is 9.59 Å². The predicted octanol–water partition coefficient (Wildman–Crippen LogP) is 4.45. The van der Waals surface area contributed by atoms with Gasteiger partial charge in [0, 0.05) is 27.1 Å². The normalized spacial score (nSPS) is 15.5. The fourth-order valence-corrected chi connectivity index (χ4v) is 3.77. The van der Waals surface area contributed by atoms with Crippen LogP contribution in [0.15, 0.2) is 66.7 Å². The summed E-state index contributed by atoms with van der Waals surface area (Å²) < 4.78 is 3.10. The molecule has 0 saturated heterocycles. The second-order valence-electron chi connectivity index (χ2n) is 6.33. The van der Waals surface area contributed by atoms with Crippen LogP contribution in [0.5, 0.6) is 0 Å². The third-order valence-corrected chi connectivity index (χ3v) is 5.43. The molecule has 2 aromatic carbocycles. The van der Waals surface area contributed by atoms with Crippen LogP contribution in [-0.2, 0) is 11.3 Å². The van der Waals surface area contributed by atoms with E-state index in [2.05, 4.69) is 27.9 Å². The summed E-state index contributed by atoms with van der Waals surface area (Å²) in [6.07, 6.45) is 0.710. The summed E-state index contributed by atoms with van der Waals surface area (Å²) in [6, 6.07) is 20.7. The third kappa shape index (κ3) is 3.19. The molecule has 2 heterocycles. The molecule has 0 saturated carbocycles. The third-order valence-electron chi connectivity index (χ3n) is 4.71. The Bertz CT molecular complexity index is 961.